The number of aromatic nitrogens is 1. The number of hydrazone groups is 1. The SMILES string of the molecule is Cc1cc(/C=C2\C(=N)N3N=C(c4ccccc4)SC3=NC2=O)c(C)n1-c1ccc(Cl)cc1Cl. The van der Waals surface area contributed by atoms with E-state index in [0.717, 1.165) is 28.2 Å². The molecule has 0 bridgehead atoms. The zero-order valence-electron chi connectivity index (χ0n) is 17.6. The monoisotopic (exact) mass is 493 g/mol. The Morgan fingerprint density at radius 3 is 2.55 bits per heavy atom. The summed E-state index contributed by atoms with van der Waals surface area (Å²) in [5.74, 6) is -0.463. The van der Waals surface area contributed by atoms with Gasteiger partial charge in [-0.15, -0.1) is 0 Å². The van der Waals surface area contributed by atoms with Crippen molar-refractivity contribution in [3.05, 3.63) is 92.7 Å². The molecule has 1 amide bonds. The fraction of sp³-hybridized carbons (Fsp3) is 0.0833. The number of halogens is 2. The zero-order chi connectivity index (χ0) is 23.3. The molecule has 0 unspecified atom stereocenters. The lowest BCUT2D eigenvalue weighted by Crippen LogP contribution is -2.35. The van der Waals surface area contributed by atoms with Crippen molar-refractivity contribution in [3.63, 3.8) is 0 Å². The average Bonchev–Trinajstić information content (AvgIpc) is 3.33. The van der Waals surface area contributed by atoms with Crippen LogP contribution in [0.5, 0.6) is 0 Å². The van der Waals surface area contributed by atoms with Gasteiger partial charge in [0, 0.05) is 22.0 Å². The quantitative estimate of drug-likeness (QED) is 0.450. The minimum Gasteiger partial charge on any atom is -0.316 e. The molecule has 5 rings (SSSR count). The van der Waals surface area contributed by atoms with Gasteiger partial charge < -0.3 is 4.57 Å². The first kappa shape index (κ1) is 21.7. The van der Waals surface area contributed by atoms with Crippen molar-refractivity contribution >= 4 is 63.0 Å². The third-order valence-corrected chi connectivity index (χ3v) is 6.89. The topological polar surface area (TPSA) is 73.8 Å². The summed E-state index contributed by atoms with van der Waals surface area (Å²) in [4.78, 5) is 17.0. The lowest BCUT2D eigenvalue weighted by Gasteiger charge is -2.20. The number of benzene rings is 2. The summed E-state index contributed by atoms with van der Waals surface area (Å²) in [6.07, 6.45) is 1.69. The number of carbonyl (C=O) groups excluding carboxylic acids is 1. The van der Waals surface area contributed by atoms with Crippen LogP contribution in [0, 0.1) is 19.3 Å². The molecule has 0 radical (unpaired) electrons. The Kier molecular flexibility index (Phi) is 5.48. The first-order chi connectivity index (χ1) is 15.8. The van der Waals surface area contributed by atoms with Crippen LogP contribution in [0.25, 0.3) is 11.8 Å². The van der Waals surface area contributed by atoms with Crippen LogP contribution in [0.4, 0.5) is 0 Å². The van der Waals surface area contributed by atoms with Gasteiger partial charge in [-0.3, -0.25) is 10.2 Å². The molecular weight excluding hydrogens is 477 g/mol. The summed E-state index contributed by atoms with van der Waals surface area (Å²) in [7, 11) is 0. The van der Waals surface area contributed by atoms with Gasteiger partial charge in [0.2, 0.25) is 5.17 Å². The molecule has 0 saturated heterocycles. The van der Waals surface area contributed by atoms with Crippen LogP contribution in [0.3, 0.4) is 0 Å². The fourth-order valence-corrected chi connectivity index (χ4v) is 5.20. The molecule has 0 fully saturated rings. The number of nitrogens with zero attached hydrogens (tertiary/aromatic N) is 4. The maximum atomic E-state index is 12.8. The van der Waals surface area contributed by atoms with Crippen molar-refractivity contribution in [2.45, 2.75) is 13.8 Å². The van der Waals surface area contributed by atoms with Gasteiger partial charge in [-0.05, 0) is 61.5 Å². The van der Waals surface area contributed by atoms with Crippen LogP contribution >= 0.6 is 35.0 Å². The number of nitrogens with one attached hydrogen (secondary N) is 1. The van der Waals surface area contributed by atoms with E-state index in [-0.39, 0.29) is 11.4 Å². The summed E-state index contributed by atoms with van der Waals surface area (Å²) in [5, 5.41) is 16.8. The second kappa shape index (κ2) is 8.33. The highest BCUT2D eigenvalue weighted by Gasteiger charge is 2.36. The minimum absolute atomic E-state index is 0.00207. The van der Waals surface area contributed by atoms with E-state index in [4.69, 9.17) is 28.6 Å². The van der Waals surface area contributed by atoms with Gasteiger partial charge in [-0.2, -0.15) is 15.1 Å². The molecule has 2 aliphatic rings. The first-order valence-electron chi connectivity index (χ1n) is 10.0. The normalized spacial score (nSPS) is 16.8. The van der Waals surface area contributed by atoms with E-state index in [9.17, 15) is 4.79 Å². The summed E-state index contributed by atoms with van der Waals surface area (Å²) < 4.78 is 1.99. The van der Waals surface area contributed by atoms with E-state index in [0.29, 0.717) is 20.3 Å². The predicted molar refractivity (Wildman–Crippen MR) is 136 cm³/mol. The average molecular weight is 494 g/mol. The van der Waals surface area contributed by atoms with Gasteiger partial charge in [0.05, 0.1) is 16.3 Å². The molecular formula is C24H17Cl2N5OS. The Labute approximate surface area is 204 Å². The van der Waals surface area contributed by atoms with E-state index < -0.39 is 5.91 Å². The van der Waals surface area contributed by atoms with Crippen molar-refractivity contribution in [3.8, 4) is 5.69 Å². The lowest BCUT2D eigenvalue weighted by atomic mass is 10.1. The van der Waals surface area contributed by atoms with Crippen LogP contribution in [0.15, 0.2) is 70.3 Å². The number of carbonyl (C=O) groups is 1. The Balaban J connectivity index is 1.53. The molecule has 33 heavy (non-hydrogen) atoms. The Morgan fingerprint density at radius 1 is 1.06 bits per heavy atom. The molecule has 3 heterocycles. The van der Waals surface area contributed by atoms with Crippen LogP contribution in [-0.4, -0.2) is 31.5 Å². The summed E-state index contributed by atoms with van der Waals surface area (Å²) in [6, 6.07) is 16.9. The molecule has 0 saturated carbocycles. The fourth-order valence-electron chi connectivity index (χ4n) is 3.81. The maximum absolute atomic E-state index is 12.8. The van der Waals surface area contributed by atoms with Crippen molar-refractivity contribution < 1.29 is 4.79 Å². The molecule has 3 aromatic rings. The Hall–Kier alpha value is -3.13. The van der Waals surface area contributed by atoms with Gasteiger partial charge in [-0.25, -0.2) is 0 Å². The van der Waals surface area contributed by atoms with E-state index in [1.165, 1.54) is 16.8 Å². The molecule has 1 N–H and O–H groups in total. The number of aryl methyl sites for hydroxylation is 1. The first-order valence-corrected chi connectivity index (χ1v) is 11.6. The second-order valence-electron chi connectivity index (χ2n) is 7.55. The number of hydrogen-bond donors (Lipinski definition) is 1. The second-order valence-corrected chi connectivity index (χ2v) is 9.35. The number of amides is 1. The molecule has 6 nitrogen and oxygen atoms in total. The third kappa shape index (κ3) is 3.82. The van der Waals surface area contributed by atoms with Gasteiger partial charge in [0.25, 0.3) is 5.91 Å². The van der Waals surface area contributed by atoms with Gasteiger partial charge in [-0.1, -0.05) is 53.5 Å². The van der Waals surface area contributed by atoms with Crippen molar-refractivity contribution in [2.75, 3.05) is 0 Å². The van der Waals surface area contributed by atoms with E-state index in [1.807, 2.05) is 60.9 Å². The number of rotatable bonds is 3. The lowest BCUT2D eigenvalue weighted by molar-refractivity contribution is -0.114. The molecule has 164 valence electrons. The zero-order valence-corrected chi connectivity index (χ0v) is 20.0. The highest BCUT2D eigenvalue weighted by Crippen LogP contribution is 2.33. The van der Waals surface area contributed by atoms with Crippen LogP contribution in [-0.2, 0) is 4.79 Å². The van der Waals surface area contributed by atoms with Crippen molar-refractivity contribution in [1.29, 1.82) is 5.41 Å². The van der Waals surface area contributed by atoms with Crippen molar-refractivity contribution in [2.24, 2.45) is 10.1 Å². The molecule has 9 heteroatoms. The third-order valence-electron chi connectivity index (χ3n) is 5.40. The highest BCUT2D eigenvalue weighted by atomic mass is 35.5. The number of aliphatic imine (C=N–C) groups is 1. The molecule has 0 aliphatic carbocycles. The van der Waals surface area contributed by atoms with Gasteiger partial charge in [0.15, 0.2) is 5.84 Å². The largest absolute Gasteiger partial charge is 0.316 e. The summed E-state index contributed by atoms with van der Waals surface area (Å²) >= 11 is 13.8. The standard InChI is InChI=1S/C24H17Cl2N5OS/c1-13-10-16(14(2)30(13)20-9-8-17(25)12-19(20)26)11-18-21(27)31-24(28-22(18)32)33-23(29-31)15-6-4-3-5-7-15/h3-12,27H,1-2H3/b18-11+,27-21?. The van der Waals surface area contributed by atoms with E-state index >= 15 is 0 Å². The smallest absolute Gasteiger partial charge is 0.283 e. The molecule has 1 aromatic heterocycles. The van der Waals surface area contributed by atoms with Crippen LogP contribution in [0.2, 0.25) is 10.0 Å². The Morgan fingerprint density at radius 2 is 1.82 bits per heavy atom. The van der Waals surface area contributed by atoms with Crippen LogP contribution < -0.4 is 0 Å². The highest BCUT2D eigenvalue weighted by molar-refractivity contribution is 8.27. The van der Waals surface area contributed by atoms with E-state index in [1.54, 1.807) is 18.2 Å². The van der Waals surface area contributed by atoms with Crippen molar-refractivity contribution in [1.82, 2.24) is 9.58 Å². The minimum atomic E-state index is -0.461. The molecule has 2 aromatic carbocycles. The van der Waals surface area contributed by atoms with Crippen LogP contribution in [0.1, 0.15) is 22.5 Å². The predicted octanol–water partition coefficient (Wildman–Crippen LogP) is 6.07. The van der Waals surface area contributed by atoms with Gasteiger partial charge >= 0.3 is 0 Å². The summed E-state index contributed by atoms with van der Waals surface area (Å²) in [5.41, 5.74) is 4.49. The van der Waals surface area contributed by atoms with Gasteiger partial charge in [0.1, 0.15) is 5.04 Å². The summed E-state index contributed by atoms with van der Waals surface area (Å²) in [6.45, 7) is 3.89. The number of fused-ring (bicyclic) bond motifs is 1. The number of hydrogen-bond acceptors (Lipinski definition) is 4. The Bertz CT molecular complexity index is 1420. The molecule has 2 aliphatic heterocycles. The van der Waals surface area contributed by atoms with E-state index in [2.05, 4.69) is 10.1 Å². The number of thioether (sulfide) groups is 1. The maximum Gasteiger partial charge on any atom is 0.283 e. The molecule has 0 atom stereocenters. The molecule has 0 spiro atoms. The number of amidine groups is 2.